The van der Waals surface area contributed by atoms with Crippen LogP contribution in [0.15, 0.2) is 11.0 Å². The van der Waals surface area contributed by atoms with Gasteiger partial charge in [0.2, 0.25) is 0 Å². The molecular formula is C16H24ClN3O. The fourth-order valence-corrected chi connectivity index (χ4v) is 3.60. The highest BCUT2D eigenvalue weighted by Crippen LogP contribution is 2.29. The molecule has 2 fully saturated rings. The van der Waals surface area contributed by atoms with E-state index >= 15 is 0 Å². The zero-order chi connectivity index (χ0) is 14.8. The lowest BCUT2D eigenvalue weighted by Gasteiger charge is -2.29. The lowest BCUT2D eigenvalue weighted by atomic mass is 9.85. The molecule has 116 valence electrons. The van der Waals surface area contributed by atoms with Gasteiger partial charge in [-0.1, -0.05) is 37.8 Å². The van der Waals surface area contributed by atoms with Gasteiger partial charge < -0.3 is 5.32 Å². The van der Waals surface area contributed by atoms with Crippen LogP contribution in [0.5, 0.6) is 0 Å². The lowest BCUT2D eigenvalue weighted by molar-refractivity contribution is 0.262. The molecule has 0 aromatic carbocycles. The molecule has 1 heterocycles. The molecule has 2 saturated carbocycles. The molecule has 2 aliphatic rings. The van der Waals surface area contributed by atoms with Crippen molar-refractivity contribution in [3.8, 4) is 0 Å². The van der Waals surface area contributed by atoms with Crippen molar-refractivity contribution in [3.63, 3.8) is 0 Å². The van der Waals surface area contributed by atoms with Gasteiger partial charge in [0, 0.05) is 12.6 Å². The highest BCUT2D eigenvalue weighted by atomic mass is 35.5. The summed E-state index contributed by atoms with van der Waals surface area (Å²) in [5.74, 6) is 1.33. The van der Waals surface area contributed by atoms with E-state index in [1.54, 1.807) is 10.9 Å². The van der Waals surface area contributed by atoms with Gasteiger partial charge in [0.15, 0.2) is 0 Å². The third-order valence-electron chi connectivity index (χ3n) is 4.94. The summed E-state index contributed by atoms with van der Waals surface area (Å²) in [6, 6.07) is 0.360. The minimum Gasteiger partial charge on any atom is -0.377 e. The maximum absolute atomic E-state index is 12.6. The molecule has 0 spiro atoms. The van der Waals surface area contributed by atoms with Crippen molar-refractivity contribution in [1.82, 2.24) is 9.78 Å². The maximum Gasteiger partial charge on any atom is 0.291 e. The largest absolute Gasteiger partial charge is 0.377 e. The molecule has 2 unspecified atom stereocenters. The van der Waals surface area contributed by atoms with E-state index in [0.29, 0.717) is 28.6 Å². The lowest BCUT2D eigenvalue weighted by Crippen LogP contribution is -2.34. The second-order valence-corrected chi connectivity index (χ2v) is 7.17. The van der Waals surface area contributed by atoms with Crippen molar-refractivity contribution >= 4 is 17.3 Å². The zero-order valence-corrected chi connectivity index (χ0v) is 13.4. The van der Waals surface area contributed by atoms with Gasteiger partial charge in [-0.05, 0) is 37.5 Å². The van der Waals surface area contributed by atoms with E-state index in [0.717, 1.165) is 19.4 Å². The third kappa shape index (κ3) is 3.42. The first-order chi connectivity index (χ1) is 10.1. The monoisotopic (exact) mass is 309 g/mol. The van der Waals surface area contributed by atoms with Crippen molar-refractivity contribution in [3.05, 3.63) is 21.6 Å². The quantitative estimate of drug-likeness (QED) is 0.922. The second kappa shape index (κ2) is 6.39. The zero-order valence-electron chi connectivity index (χ0n) is 12.6. The SMILES string of the molecule is CC1CCCC(Nc2c(Cl)cnn(CC3CCC3)c2=O)C1. The van der Waals surface area contributed by atoms with Crippen molar-refractivity contribution in [2.75, 3.05) is 5.32 Å². The van der Waals surface area contributed by atoms with Crippen LogP contribution in [0.1, 0.15) is 51.9 Å². The molecule has 0 radical (unpaired) electrons. The molecule has 1 aromatic rings. The van der Waals surface area contributed by atoms with Gasteiger partial charge in [0.1, 0.15) is 5.69 Å². The van der Waals surface area contributed by atoms with Crippen molar-refractivity contribution < 1.29 is 0 Å². The molecule has 4 nitrogen and oxygen atoms in total. The van der Waals surface area contributed by atoms with Crippen LogP contribution in [0.2, 0.25) is 5.02 Å². The highest BCUT2D eigenvalue weighted by molar-refractivity contribution is 6.33. The molecule has 0 amide bonds. The Labute approximate surface area is 130 Å². The second-order valence-electron chi connectivity index (χ2n) is 6.76. The summed E-state index contributed by atoms with van der Waals surface area (Å²) in [6.45, 7) is 3.00. The summed E-state index contributed by atoms with van der Waals surface area (Å²) in [6.07, 6.45) is 10.0. The first-order valence-electron chi connectivity index (χ1n) is 8.15. The van der Waals surface area contributed by atoms with E-state index < -0.39 is 0 Å². The summed E-state index contributed by atoms with van der Waals surface area (Å²) >= 11 is 6.20. The Hall–Kier alpha value is -1.03. The van der Waals surface area contributed by atoms with Crippen molar-refractivity contribution in [2.24, 2.45) is 11.8 Å². The minimum absolute atomic E-state index is 0.0624. The summed E-state index contributed by atoms with van der Waals surface area (Å²) < 4.78 is 1.59. The Bertz CT molecular complexity index is 553. The molecule has 5 heteroatoms. The molecule has 21 heavy (non-hydrogen) atoms. The van der Waals surface area contributed by atoms with E-state index in [9.17, 15) is 4.79 Å². The average Bonchev–Trinajstić information content (AvgIpc) is 2.41. The summed E-state index contributed by atoms with van der Waals surface area (Å²) in [5.41, 5.74) is 0.484. The summed E-state index contributed by atoms with van der Waals surface area (Å²) in [4.78, 5) is 12.6. The van der Waals surface area contributed by atoms with Gasteiger partial charge in [0.25, 0.3) is 5.56 Å². The topological polar surface area (TPSA) is 46.9 Å². The highest BCUT2D eigenvalue weighted by Gasteiger charge is 2.23. The summed E-state index contributed by atoms with van der Waals surface area (Å²) in [7, 11) is 0. The van der Waals surface area contributed by atoms with Gasteiger partial charge in [-0.25, -0.2) is 4.68 Å². The summed E-state index contributed by atoms with van der Waals surface area (Å²) in [5, 5.41) is 8.04. The van der Waals surface area contributed by atoms with Crippen molar-refractivity contribution in [1.29, 1.82) is 0 Å². The Balaban J connectivity index is 1.76. The van der Waals surface area contributed by atoms with Gasteiger partial charge in [-0.15, -0.1) is 0 Å². The van der Waals surface area contributed by atoms with Gasteiger partial charge in [-0.2, -0.15) is 5.10 Å². The molecule has 2 aliphatic carbocycles. The Morgan fingerprint density at radius 1 is 1.33 bits per heavy atom. The van der Waals surface area contributed by atoms with Crippen LogP contribution in [0, 0.1) is 11.8 Å². The first-order valence-corrected chi connectivity index (χ1v) is 8.53. The molecule has 0 bridgehead atoms. The molecule has 0 aliphatic heterocycles. The average molecular weight is 310 g/mol. The van der Waals surface area contributed by atoms with Crippen LogP contribution in [0.25, 0.3) is 0 Å². The van der Waals surface area contributed by atoms with Crippen LogP contribution in [0.3, 0.4) is 0 Å². The molecular weight excluding hydrogens is 286 g/mol. The van der Waals surface area contributed by atoms with Gasteiger partial charge >= 0.3 is 0 Å². The number of halogens is 1. The molecule has 1 N–H and O–H groups in total. The Kier molecular flexibility index (Phi) is 4.53. The van der Waals surface area contributed by atoms with Gasteiger partial charge in [-0.3, -0.25) is 4.79 Å². The number of aromatic nitrogens is 2. The van der Waals surface area contributed by atoms with E-state index in [1.165, 1.54) is 32.1 Å². The fourth-order valence-electron chi connectivity index (χ4n) is 3.42. The number of nitrogens with one attached hydrogen (secondary N) is 1. The number of hydrogen-bond donors (Lipinski definition) is 1. The van der Waals surface area contributed by atoms with E-state index in [1.807, 2.05) is 0 Å². The standard InChI is InChI=1S/C16H24ClN3O/c1-11-4-2-7-13(8-11)19-15-14(17)9-18-20(16(15)21)10-12-5-3-6-12/h9,11-13,19H,2-8,10H2,1H3. The van der Waals surface area contributed by atoms with E-state index in [2.05, 4.69) is 17.3 Å². The van der Waals surface area contributed by atoms with Crippen LogP contribution in [-0.4, -0.2) is 15.8 Å². The minimum atomic E-state index is -0.0624. The number of anilines is 1. The normalized spacial score (nSPS) is 26.4. The number of nitrogens with zero attached hydrogens (tertiary/aromatic N) is 2. The van der Waals surface area contributed by atoms with Gasteiger partial charge in [0.05, 0.1) is 11.2 Å². The Morgan fingerprint density at radius 2 is 2.10 bits per heavy atom. The number of hydrogen-bond acceptors (Lipinski definition) is 3. The van der Waals surface area contributed by atoms with Crippen LogP contribution >= 0.6 is 11.6 Å². The fraction of sp³-hybridized carbons (Fsp3) is 0.750. The molecule has 0 saturated heterocycles. The Morgan fingerprint density at radius 3 is 2.76 bits per heavy atom. The van der Waals surface area contributed by atoms with Crippen LogP contribution in [0.4, 0.5) is 5.69 Å². The molecule has 3 rings (SSSR count). The van der Waals surface area contributed by atoms with Crippen molar-refractivity contribution in [2.45, 2.75) is 64.5 Å². The first kappa shape index (κ1) is 14.9. The molecule has 2 atom stereocenters. The van der Waals surface area contributed by atoms with E-state index in [4.69, 9.17) is 11.6 Å². The third-order valence-corrected chi connectivity index (χ3v) is 5.22. The smallest absolute Gasteiger partial charge is 0.291 e. The van der Waals surface area contributed by atoms with E-state index in [-0.39, 0.29) is 5.56 Å². The predicted molar refractivity (Wildman–Crippen MR) is 85.9 cm³/mol. The number of rotatable bonds is 4. The maximum atomic E-state index is 12.6. The molecule has 1 aromatic heterocycles. The van der Waals surface area contributed by atoms with Crippen LogP contribution in [-0.2, 0) is 6.54 Å². The van der Waals surface area contributed by atoms with Crippen LogP contribution < -0.4 is 10.9 Å². The predicted octanol–water partition coefficient (Wildman–Crippen LogP) is 3.69.